The van der Waals surface area contributed by atoms with Crippen molar-refractivity contribution >= 4 is 5.91 Å². The van der Waals surface area contributed by atoms with Gasteiger partial charge in [-0.1, -0.05) is 19.3 Å². The summed E-state index contributed by atoms with van der Waals surface area (Å²) in [6.45, 7) is -0.00822. The van der Waals surface area contributed by atoms with Gasteiger partial charge >= 0.3 is 5.69 Å². The van der Waals surface area contributed by atoms with Gasteiger partial charge in [0.15, 0.2) is 0 Å². The molecule has 2 aromatic heterocycles. The summed E-state index contributed by atoms with van der Waals surface area (Å²) in [5.41, 5.74) is -1.24. The van der Waals surface area contributed by atoms with Gasteiger partial charge in [-0.05, 0) is 25.0 Å². The van der Waals surface area contributed by atoms with Crippen molar-refractivity contribution in [2.45, 2.75) is 44.7 Å². The van der Waals surface area contributed by atoms with E-state index in [0.29, 0.717) is 5.76 Å². The Morgan fingerprint density at radius 3 is 2.78 bits per heavy atom. The lowest BCUT2D eigenvalue weighted by atomic mass is 9.95. The molecule has 0 bridgehead atoms. The Morgan fingerprint density at radius 2 is 2.09 bits per heavy atom. The Labute approximate surface area is 132 Å². The van der Waals surface area contributed by atoms with Gasteiger partial charge in [0, 0.05) is 12.2 Å². The van der Waals surface area contributed by atoms with Crippen molar-refractivity contribution in [1.82, 2.24) is 14.9 Å². The molecular weight excluding hydrogens is 298 g/mol. The molecule has 0 saturated heterocycles. The minimum atomic E-state index is -0.613. The molecular formula is C16H19N3O4. The van der Waals surface area contributed by atoms with E-state index >= 15 is 0 Å². The molecule has 1 aliphatic rings. The number of aromatic nitrogens is 2. The number of hydrogen-bond donors (Lipinski definition) is 2. The Hall–Kier alpha value is -2.57. The fourth-order valence-electron chi connectivity index (χ4n) is 2.89. The Bertz CT molecular complexity index is 782. The van der Waals surface area contributed by atoms with E-state index in [9.17, 15) is 14.4 Å². The summed E-state index contributed by atoms with van der Waals surface area (Å²) in [5, 5.41) is 2.88. The molecule has 0 aromatic carbocycles. The molecule has 122 valence electrons. The first kappa shape index (κ1) is 15.3. The second kappa shape index (κ2) is 6.68. The highest BCUT2D eigenvalue weighted by atomic mass is 16.3. The monoisotopic (exact) mass is 317 g/mol. The smallest absolute Gasteiger partial charge is 0.328 e. The van der Waals surface area contributed by atoms with E-state index in [4.69, 9.17) is 4.42 Å². The second-order valence-corrected chi connectivity index (χ2v) is 5.79. The summed E-state index contributed by atoms with van der Waals surface area (Å²) in [5.74, 6) is 0.0359. The van der Waals surface area contributed by atoms with E-state index in [0.717, 1.165) is 30.3 Å². The number of nitrogens with one attached hydrogen (secondary N) is 2. The van der Waals surface area contributed by atoms with Crippen LogP contribution in [-0.2, 0) is 6.54 Å². The summed E-state index contributed by atoms with van der Waals surface area (Å²) < 4.78 is 6.12. The molecule has 0 radical (unpaired) electrons. The van der Waals surface area contributed by atoms with Crippen LogP contribution in [0.2, 0.25) is 0 Å². The van der Waals surface area contributed by atoms with Gasteiger partial charge in [0.2, 0.25) is 0 Å². The van der Waals surface area contributed by atoms with E-state index in [2.05, 4.69) is 10.3 Å². The third-order valence-electron chi connectivity index (χ3n) is 4.14. The maximum absolute atomic E-state index is 12.4. The zero-order valence-corrected chi connectivity index (χ0v) is 12.7. The first-order chi connectivity index (χ1) is 11.1. The minimum Gasteiger partial charge on any atom is -0.467 e. The Balaban J connectivity index is 1.83. The lowest BCUT2D eigenvalue weighted by Gasteiger charge is -2.22. The first-order valence-corrected chi connectivity index (χ1v) is 7.81. The topological polar surface area (TPSA) is 97.1 Å². The van der Waals surface area contributed by atoms with Crippen LogP contribution in [0, 0.1) is 0 Å². The molecule has 7 nitrogen and oxygen atoms in total. The van der Waals surface area contributed by atoms with Crippen molar-refractivity contribution in [2.24, 2.45) is 0 Å². The van der Waals surface area contributed by atoms with Crippen LogP contribution >= 0.6 is 0 Å². The average Bonchev–Trinajstić information content (AvgIpc) is 3.05. The van der Waals surface area contributed by atoms with Gasteiger partial charge in [0.05, 0.1) is 12.8 Å². The van der Waals surface area contributed by atoms with Crippen LogP contribution in [0.5, 0.6) is 0 Å². The maximum atomic E-state index is 12.4. The highest BCUT2D eigenvalue weighted by Crippen LogP contribution is 2.17. The number of amides is 1. The van der Waals surface area contributed by atoms with Gasteiger partial charge in [0.1, 0.15) is 11.3 Å². The number of nitrogens with zero attached hydrogens (tertiary/aromatic N) is 1. The summed E-state index contributed by atoms with van der Waals surface area (Å²) in [4.78, 5) is 39.1. The largest absolute Gasteiger partial charge is 0.467 e. The Kier molecular flexibility index (Phi) is 4.45. The van der Waals surface area contributed by atoms with Gasteiger partial charge in [0.25, 0.3) is 11.5 Å². The van der Waals surface area contributed by atoms with Crippen molar-refractivity contribution in [1.29, 1.82) is 0 Å². The molecule has 0 unspecified atom stereocenters. The van der Waals surface area contributed by atoms with Crippen LogP contribution < -0.4 is 16.6 Å². The minimum absolute atomic E-state index is 0.00822. The summed E-state index contributed by atoms with van der Waals surface area (Å²) in [7, 11) is 0. The van der Waals surface area contributed by atoms with Crippen LogP contribution in [0.25, 0.3) is 0 Å². The molecule has 1 saturated carbocycles. The number of rotatable bonds is 4. The quantitative estimate of drug-likeness (QED) is 0.886. The highest BCUT2D eigenvalue weighted by molar-refractivity contribution is 5.93. The highest BCUT2D eigenvalue weighted by Gasteiger charge is 2.20. The predicted octanol–water partition coefficient (Wildman–Crippen LogP) is 1.24. The molecule has 2 N–H and O–H groups in total. The molecule has 0 aliphatic heterocycles. The summed E-state index contributed by atoms with van der Waals surface area (Å²) in [6, 6.07) is 3.44. The molecule has 7 heteroatoms. The van der Waals surface area contributed by atoms with Crippen LogP contribution in [0.1, 0.15) is 48.2 Å². The molecule has 3 rings (SSSR count). The van der Waals surface area contributed by atoms with Crippen molar-refractivity contribution in [3.8, 4) is 0 Å². The zero-order valence-electron chi connectivity index (χ0n) is 12.7. The maximum Gasteiger partial charge on any atom is 0.328 e. The van der Waals surface area contributed by atoms with Gasteiger partial charge in [-0.2, -0.15) is 0 Å². The zero-order chi connectivity index (χ0) is 16.2. The number of hydrogen-bond acceptors (Lipinski definition) is 4. The van der Waals surface area contributed by atoms with Gasteiger partial charge in [-0.15, -0.1) is 0 Å². The molecule has 1 aliphatic carbocycles. The number of aromatic amines is 1. The molecule has 0 spiro atoms. The fourth-order valence-corrected chi connectivity index (χ4v) is 2.89. The van der Waals surface area contributed by atoms with Gasteiger partial charge in [-0.25, -0.2) is 4.79 Å². The average molecular weight is 317 g/mol. The SMILES string of the molecule is O=C(NC1CCCCC1)c1c[nH]c(=O)n(Cc2ccco2)c1=O. The van der Waals surface area contributed by atoms with Gasteiger partial charge in [-0.3, -0.25) is 14.2 Å². The molecule has 2 aromatic rings. The third-order valence-corrected chi connectivity index (χ3v) is 4.14. The first-order valence-electron chi connectivity index (χ1n) is 7.81. The van der Waals surface area contributed by atoms with Crippen molar-refractivity contribution in [3.63, 3.8) is 0 Å². The van der Waals surface area contributed by atoms with Crippen LogP contribution in [0.3, 0.4) is 0 Å². The third kappa shape index (κ3) is 3.44. The number of carbonyl (C=O) groups excluding carboxylic acids is 1. The van der Waals surface area contributed by atoms with E-state index < -0.39 is 17.2 Å². The standard InChI is InChI=1S/C16H19N3O4/c20-14(18-11-5-2-1-3-6-11)13-9-17-16(22)19(15(13)21)10-12-7-4-8-23-12/h4,7-9,11H,1-3,5-6,10H2,(H,17,22)(H,18,20). The van der Waals surface area contributed by atoms with Crippen LogP contribution in [-0.4, -0.2) is 21.5 Å². The lowest BCUT2D eigenvalue weighted by molar-refractivity contribution is 0.0925. The predicted molar refractivity (Wildman–Crippen MR) is 83.5 cm³/mol. The second-order valence-electron chi connectivity index (χ2n) is 5.79. The van der Waals surface area contributed by atoms with E-state index in [1.807, 2.05) is 0 Å². The normalized spacial score (nSPS) is 15.5. The number of H-pyrrole nitrogens is 1. The van der Waals surface area contributed by atoms with E-state index in [1.54, 1.807) is 12.1 Å². The van der Waals surface area contributed by atoms with Crippen molar-refractivity contribution < 1.29 is 9.21 Å². The lowest BCUT2D eigenvalue weighted by Crippen LogP contribution is -2.43. The molecule has 1 fully saturated rings. The summed E-state index contributed by atoms with van der Waals surface area (Å²) in [6.07, 6.45) is 7.85. The van der Waals surface area contributed by atoms with Crippen molar-refractivity contribution in [3.05, 3.63) is 56.8 Å². The van der Waals surface area contributed by atoms with Crippen LogP contribution in [0.4, 0.5) is 0 Å². The number of furan rings is 1. The van der Waals surface area contributed by atoms with Gasteiger partial charge < -0.3 is 14.7 Å². The molecule has 1 amide bonds. The molecule has 2 heterocycles. The Morgan fingerprint density at radius 1 is 1.30 bits per heavy atom. The van der Waals surface area contributed by atoms with Crippen molar-refractivity contribution in [2.75, 3.05) is 0 Å². The summed E-state index contributed by atoms with van der Waals surface area (Å²) >= 11 is 0. The molecule has 0 atom stereocenters. The van der Waals surface area contributed by atoms with Crippen LogP contribution in [0.15, 0.2) is 38.6 Å². The van der Waals surface area contributed by atoms with E-state index in [1.165, 1.54) is 18.9 Å². The fraction of sp³-hybridized carbons (Fsp3) is 0.438. The van der Waals surface area contributed by atoms with E-state index in [-0.39, 0.29) is 18.2 Å². The number of carbonyl (C=O) groups is 1. The molecule has 23 heavy (non-hydrogen) atoms.